The van der Waals surface area contributed by atoms with Gasteiger partial charge in [0.15, 0.2) is 5.69 Å². The van der Waals surface area contributed by atoms with E-state index in [1.807, 2.05) is 0 Å². The molecule has 0 aliphatic carbocycles. The summed E-state index contributed by atoms with van der Waals surface area (Å²) in [5.41, 5.74) is -1.06. The Labute approximate surface area is 109 Å². The monoisotopic (exact) mass is 294 g/mol. The van der Waals surface area contributed by atoms with Crippen molar-refractivity contribution in [1.82, 2.24) is 9.97 Å². The number of nitrogens with zero attached hydrogens (tertiary/aromatic N) is 2. The van der Waals surface area contributed by atoms with Gasteiger partial charge in [0.05, 0.1) is 11.2 Å². The second-order valence-electron chi connectivity index (χ2n) is 3.30. The van der Waals surface area contributed by atoms with Crippen molar-refractivity contribution in [2.24, 2.45) is 0 Å². The van der Waals surface area contributed by atoms with Crippen LogP contribution in [-0.2, 0) is 6.18 Å². The van der Waals surface area contributed by atoms with E-state index in [0.29, 0.717) is 10.7 Å². The largest absolute Gasteiger partial charge is 0.468 e. The summed E-state index contributed by atoms with van der Waals surface area (Å²) < 4.78 is 42.6. The van der Waals surface area contributed by atoms with Crippen molar-refractivity contribution in [2.75, 3.05) is 0 Å². The van der Waals surface area contributed by atoms with E-state index in [1.54, 1.807) is 13.0 Å². The normalized spacial score (nSPS) is 11.8. The first-order valence-corrected chi connectivity index (χ1v) is 5.89. The van der Waals surface area contributed by atoms with E-state index in [9.17, 15) is 13.2 Å². The SMILES string of the molecule is Cc1occc1Sc1cc(C(F)(F)F)nc(Cl)n1. The Bertz CT molecular complexity index is 570. The molecule has 18 heavy (non-hydrogen) atoms. The molecule has 2 heterocycles. The van der Waals surface area contributed by atoms with Crippen LogP contribution in [0.3, 0.4) is 0 Å². The lowest BCUT2D eigenvalue weighted by molar-refractivity contribution is -0.141. The quantitative estimate of drug-likeness (QED) is 0.614. The van der Waals surface area contributed by atoms with Crippen LogP contribution in [-0.4, -0.2) is 9.97 Å². The molecule has 2 aromatic rings. The third-order valence-electron chi connectivity index (χ3n) is 1.99. The number of furan rings is 1. The molecular formula is C10H6ClF3N2OS. The molecule has 2 aromatic heterocycles. The smallest absolute Gasteiger partial charge is 0.433 e. The van der Waals surface area contributed by atoms with Crippen molar-refractivity contribution in [1.29, 1.82) is 0 Å². The van der Waals surface area contributed by atoms with Crippen LogP contribution in [0.15, 0.2) is 32.7 Å². The van der Waals surface area contributed by atoms with Crippen molar-refractivity contribution in [3.8, 4) is 0 Å². The molecule has 0 spiro atoms. The van der Waals surface area contributed by atoms with E-state index in [2.05, 4.69) is 9.97 Å². The van der Waals surface area contributed by atoms with Gasteiger partial charge in [0.1, 0.15) is 10.8 Å². The Kier molecular flexibility index (Phi) is 3.54. The third-order valence-corrected chi connectivity index (χ3v) is 3.22. The van der Waals surface area contributed by atoms with E-state index >= 15 is 0 Å². The van der Waals surface area contributed by atoms with E-state index in [1.165, 1.54) is 6.26 Å². The predicted molar refractivity (Wildman–Crippen MR) is 59.6 cm³/mol. The van der Waals surface area contributed by atoms with Gasteiger partial charge in [-0.25, -0.2) is 9.97 Å². The van der Waals surface area contributed by atoms with Crippen molar-refractivity contribution in [2.45, 2.75) is 23.0 Å². The summed E-state index contributed by atoms with van der Waals surface area (Å²) in [5, 5.41) is -0.319. The molecule has 0 aromatic carbocycles. The summed E-state index contributed by atoms with van der Waals surface area (Å²) in [5.74, 6) is 0.600. The minimum atomic E-state index is -4.55. The Morgan fingerprint density at radius 1 is 1.33 bits per heavy atom. The van der Waals surface area contributed by atoms with Crippen LogP contribution in [0.1, 0.15) is 11.5 Å². The first-order chi connectivity index (χ1) is 8.36. The molecule has 3 nitrogen and oxygen atoms in total. The highest BCUT2D eigenvalue weighted by Crippen LogP contribution is 2.34. The number of aromatic nitrogens is 2. The van der Waals surface area contributed by atoms with Crippen LogP contribution in [0.4, 0.5) is 13.2 Å². The number of rotatable bonds is 2. The fourth-order valence-electron chi connectivity index (χ4n) is 1.19. The number of hydrogen-bond donors (Lipinski definition) is 0. The molecule has 8 heteroatoms. The predicted octanol–water partition coefficient (Wildman–Crippen LogP) is 4.20. The highest BCUT2D eigenvalue weighted by Gasteiger charge is 2.33. The molecule has 0 saturated heterocycles. The summed E-state index contributed by atoms with van der Waals surface area (Å²) in [4.78, 5) is 7.57. The van der Waals surface area contributed by atoms with Gasteiger partial charge >= 0.3 is 6.18 Å². The van der Waals surface area contributed by atoms with Crippen LogP contribution >= 0.6 is 23.4 Å². The zero-order valence-electron chi connectivity index (χ0n) is 8.95. The fourth-order valence-corrected chi connectivity index (χ4v) is 2.26. The summed E-state index contributed by atoms with van der Waals surface area (Å²) in [6, 6.07) is 2.49. The number of aryl methyl sites for hydroxylation is 1. The van der Waals surface area contributed by atoms with E-state index in [4.69, 9.17) is 16.0 Å². The van der Waals surface area contributed by atoms with E-state index < -0.39 is 17.2 Å². The van der Waals surface area contributed by atoms with Crippen molar-refractivity contribution < 1.29 is 17.6 Å². The zero-order chi connectivity index (χ0) is 13.3. The number of hydrogen-bond acceptors (Lipinski definition) is 4. The molecule has 0 unspecified atom stereocenters. The van der Waals surface area contributed by atoms with Crippen LogP contribution < -0.4 is 0 Å². The maximum atomic E-state index is 12.5. The Hall–Kier alpha value is -1.21. The first-order valence-electron chi connectivity index (χ1n) is 4.70. The van der Waals surface area contributed by atoms with Gasteiger partial charge in [0, 0.05) is 6.07 Å². The van der Waals surface area contributed by atoms with Gasteiger partial charge in [-0.05, 0) is 24.6 Å². The van der Waals surface area contributed by atoms with Crippen LogP contribution in [0.5, 0.6) is 0 Å². The van der Waals surface area contributed by atoms with Crippen LogP contribution in [0.2, 0.25) is 5.28 Å². The second kappa shape index (κ2) is 4.81. The molecule has 0 fully saturated rings. The first kappa shape index (κ1) is 13.2. The Morgan fingerprint density at radius 3 is 2.61 bits per heavy atom. The molecule has 0 N–H and O–H groups in total. The van der Waals surface area contributed by atoms with Crippen LogP contribution in [0.25, 0.3) is 0 Å². The number of alkyl halides is 3. The molecule has 96 valence electrons. The maximum absolute atomic E-state index is 12.5. The summed E-state index contributed by atoms with van der Waals surface area (Å²) in [7, 11) is 0. The van der Waals surface area contributed by atoms with Gasteiger partial charge in [0.25, 0.3) is 0 Å². The van der Waals surface area contributed by atoms with Gasteiger partial charge in [-0.3, -0.25) is 0 Å². The van der Waals surface area contributed by atoms with Crippen molar-refractivity contribution in [3.05, 3.63) is 35.1 Å². The Morgan fingerprint density at radius 2 is 2.06 bits per heavy atom. The molecule has 0 amide bonds. The average Bonchev–Trinajstić information content (AvgIpc) is 2.62. The van der Waals surface area contributed by atoms with E-state index in [-0.39, 0.29) is 5.03 Å². The molecule has 0 saturated carbocycles. The molecule has 0 aliphatic heterocycles. The third kappa shape index (κ3) is 2.97. The van der Waals surface area contributed by atoms with Gasteiger partial charge in [-0.1, -0.05) is 11.8 Å². The Balaban J connectivity index is 2.35. The van der Waals surface area contributed by atoms with Crippen molar-refractivity contribution in [3.63, 3.8) is 0 Å². The molecule has 2 rings (SSSR count). The molecule has 0 atom stereocenters. The molecular weight excluding hydrogens is 289 g/mol. The van der Waals surface area contributed by atoms with Gasteiger partial charge < -0.3 is 4.42 Å². The number of halogens is 4. The molecule has 0 bridgehead atoms. The lowest BCUT2D eigenvalue weighted by Crippen LogP contribution is -2.09. The lowest BCUT2D eigenvalue weighted by atomic mass is 10.4. The van der Waals surface area contributed by atoms with Gasteiger partial charge in [-0.15, -0.1) is 0 Å². The minimum Gasteiger partial charge on any atom is -0.468 e. The standard InChI is InChI=1S/C10H6ClF3N2OS/c1-5-6(2-3-17-5)18-8-4-7(10(12,13)14)15-9(11)16-8/h2-4H,1H3. The molecule has 0 aliphatic rings. The van der Waals surface area contributed by atoms with Crippen molar-refractivity contribution >= 4 is 23.4 Å². The highest BCUT2D eigenvalue weighted by atomic mass is 35.5. The highest BCUT2D eigenvalue weighted by molar-refractivity contribution is 7.99. The zero-order valence-corrected chi connectivity index (χ0v) is 10.5. The summed E-state index contributed by atoms with van der Waals surface area (Å²) >= 11 is 6.51. The van der Waals surface area contributed by atoms with E-state index in [0.717, 1.165) is 17.8 Å². The van der Waals surface area contributed by atoms with Gasteiger partial charge in [0.2, 0.25) is 5.28 Å². The second-order valence-corrected chi connectivity index (χ2v) is 4.70. The fraction of sp³-hybridized carbons (Fsp3) is 0.200. The summed E-state index contributed by atoms with van der Waals surface area (Å²) in [6.07, 6.45) is -3.10. The topological polar surface area (TPSA) is 38.9 Å². The average molecular weight is 295 g/mol. The lowest BCUT2D eigenvalue weighted by Gasteiger charge is -2.07. The van der Waals surface area contributed by atoms with Gasteiger partial charge in [-0.2, -0.15) is 13.2 Å². The molecule has 0 radical (unpaired) electrons. The maximum Gasteiger partial charge on any atom is 0.433 e. The minimum absolute atomic E-state index is 0.117. The van der Waals surface area contributed by atoms with Crippen LogP contribution in [0, 0.1) is 6.92 Å². The summed E-state index contributed by atoms with van der Waals surface area (Å²) in [6.45, 7) is 1.70.